The standard InChI is InChI=1S/C17H25N3O3.ClH/c1-23-15-7-3-2-6-14(15)19(13-10-18)11-5-12-20-16(21)8-4-9-17(20)22;/h2-3,6-7H,4-5,8-13,18H2,1H3;1H. The van der Waals surface area contributed by atoms with Crippen LogP contribution in [0.3, 0.4) is 0 Å². The monoisotopic (exact) mass is 355 g/mol. The highest BCUT2D eigenvalue weighted by atomic mass is 35.5. The number of imide groups is 1. The van der Waals surface area contributed by atoms with E-state index >= 15 is 0 Å². The highest BCUT2D eigenvalue weighted by Crippen LogP contribution is 2.27. The molecule has 1 heterocycles. The van der Waals surface area contributed by atoms with Gasteiger partial charge in [-0.05, 0) is 25.0 Å². The van der Waals surface area contributed by atoms with Crippen LogP contribution in [0, 0.1) is 0 Å². The number of nitrogens with zero attached hydrogens (tertiary/aromatic N) is 2. The first kappa shape index (κ1) is 20.3. The van der Waals surface area contributed by atoms with E-state index in [1.807, 2.05) is 24.3 Å². The lowest BCUT2D eigenvalue weighted by atomic mass is 10.1. The van der Waals surface area contributed by atoms with Crippen molar-refractivity contribution in [3.63, 3.8) is 0 Å². The van der Waals surface area contributed by atoms with Crippen LogP contribution in [0.1, 0.15) is 25.7 Å². The molecule has 0 aromatic heterocycles. The molecule has 2 N–H and O–H groups in total. The number of ether oxygens (including phenoxy) is 1. The maximum Gasteiger partial charge on any atom is 0.229 e. The Hall–Kier alpha value is -1.79. The van der Waals surface area contributed by atoms with Gasteiger partial charge >= 0.3 is 0 Å². The van der Waals surface area contributed by atoms with Crippen molar-refractivity contribution in [2.45, 2.75) is 25.7 Å². The smallest absolute Gasteiger partial charge is 0.229 e. The van der Waals surface area contributed by atoms with Crippen LogP contribution >= 0.6 is 12.4 Å². The second-order valence-corrected chi connectivity index (χ2v) is 5.59. The molecule has 24 heavy (non-hydrogen) atoms. The van der Waals surface area contributed by atoms with Crippen molar-refractivity contribution in [1.29, 1.82) is 0 Å². The molecule has 1 aromatic carbocycles. The summed E-state index contributed by atoms with van der Waals surface area (Å²) in [5.41, 5.74) is 6.70. The van der Waals surface area contributed by atoms with Gasteiger partial charge in [-0.15, -0.1) is 12.4 Å². The fraction of sp³-hybridized carbons (Fsp3) is 0.529. The molecular formula is C17H26ClN3O3. The Balaban J connectivity index is 0.00000288. The molecule has 2 amide bonds. The Labute approximate surface area is 149 Å². The Kier molecular flexibility index (Phi) is 8.57. The number of methoxy groups -OCH3 is 1. The highest BCUT2D eigenvalue weighted by Gasteiger charge is 2.25. The summed E-state index contributed by atoms with van der Waals surface area (Å²) < 4.78 is 5.40. The highest BCUT2D eigenvalue weighted by molar-refractivity contribution is 5.97. The zero-order valence-corrected chi connectivity index (χ0v) is 14.9. The molecule has 1 saturated heterocycles. The summed E-state index contributed by atoms with van der Waals surface area (Å²) in [5, 5.41) is 0. The van der Waals surface area contributed by atoms with Gasteiger partial charge in [0.25, 0.3) is 0 Å². The second kappa shape index (κ2) is 10.2. The molecule has 134 valence electrons. The number of nitrogens with two attached hydrogens (primary N) is 1. The third-order valence-electron chi connectivity index (χ3n) is 4.02. The van der Waals surface area contributed by atoms with E-state index in [-0.39, 0.29) is 24.2 Å². The van der Waals surface area contributed by atoms with Crippen LogP contribution in [0.4, 0.5) is 5.69 Å². The Morgan fingerprint density at radius 3 is 2.46 bits per heavy atom. The number of carbonyl (C=O) groups excluding carboxylic acids is 2. The third-order valence-corrected chi connectivity index (χ3v) is 4.02. The van der Waals surface area contributed by atoms with Gasteiger partial charge in [0.1, 0.15) is 5.75 Å². The quantitative estimate of drug-likeness (QED) is 0.720. The number of amides is 2. The van der Waals surface area contributed by atoms with E-state index in [2.05, 4.69) is 4.90 Å². The van der Waals surface area contributed by atoms with Crippen molar-refractivity contribution in [3.8, 4) is 5.75 Å². The van der Waals surface area contributed by atoms with E-state index in [0.29, 0.717) is 45.4 Å². The number of hydrogen-bond donors (Lipinski definition) is 1. The van der Waals surface area contributed by atoms with Crippen LogP contribution in [0.25, 0.3) is 0 Å². The number of piperidine rings is 1. The summed E-state index contributed by atoms with van der Waals surface area (Å²) in [4.78, 5) is 27.2. The lowest BCUT2D eigenvalue weighted by Gasteiger charge is -2.28. The molecule has 6 nitrogen and oxygen atoms in total. The summed E-state index contributed by atoms with van der Waals surface area (Å²) in [5.74, 6) is 0.693. The summed E-state index contributed by atoms with van der Waals surface area (Å²) >= 11 is 0. The molecular weight excluding hydrogens is 330 g/mol. The minimum absolute atomic E-state index is 0. The second-order valence-electron chi connectivity index (χ2n) is 5.59. The van der Waals surface area contributed by atoms with E-state index in [0.717, 1.165) is 17.9 Å². The Morgan fingerprint density at radius 1 is 1.17 bits per heavy atom. The van der Waals surface area contributed by atoms with Gasteiger partial charge in [0.2, 0.25) is 11.8 Å². The molecule has 2 rings (SSSR count). The van der Waals surface area contributed by atoms with Gasteiger partial charge in [-0.1, -0.05) is 12.1 Å². The molecule has 0 spiro atoms. The topological polar surface area (TPSA) is 75.9 Å². The van der Waals surface area contributed by atoms with Gasteiger partial charge in [0, 0.05) is 39.0 Å². The van der Waals surface area contributed by atoms with Gasteiger partial charge in [0.15, 0.2) is 0 Å². The third kappa shape index (κ3) is 5.11. The lowest BCUT2D eigenvalue weighted by Crippen LogP contribution is -2.42. The van der Waals surface area contributed by atoms with E-state index in [1.165, 1.54) is 4.90 Å². The number of anilines is 1. The predicted molar refractivity (Wildman–Crippen MR) is 96.7 cm³/mol. The molecule has 1 aliphatic heterocycles. The van der Waals surface area contributed by atoms with Gasteiger partial charge in [0.05, 0.1) is 12.8 Å². The normalized spacial score (nSPS) is 14.3. The molecule has 0 saturated carbocycles. The summed E-state index contributed by atoms with van der Waals surface area (Å²) in [6, 6.07) is 7.79. The molecule has 7 heteroatoms. The van der Waals surface area contributed by atoms with Crippen LogP contribution in [0.2, 0.25) is 0 Å². The fourth-order valence-corrected chi connectivity index (χ4v) is 2.87. The minimum atomic E-state index is -0.0519. The number of carbonyl (C=O) groups is 2. The Morgan fingerprint density at radius 2 is 1.83 bits per heavy atom. The fourth-order valence-electron chi connectivity index (χ4n) is 2.87. The first-order valence-corrected chi connectivity index (χ1v) is 8.08. The van der Waals surface area contributed by atoms with Crippen LogP contribution in [0.15, 0.2) is 24.3 Å². The maximum atomic E-state index is 11.8. The van der Waals surface area contributed by atoms with Crippen LogP contribution in [-0.2, 0) is 9.59 Å². The van der Waals surface area contributed by atoms with Crippen molar-refractivity contribution in [1.82, 2.24) is 4.90 Å². The van der Waals surface area contributed by atoms with Crippen LogP contribution < -0.4 is 15.4 Å². The average Bonchev–Trinajstić information content (AvgIpc) is 2.56. The van der Waals surface area contributed by atoms with Gasteiger partial charge in [-0.2, -0.15) is 0 Å². The lowest BCUT2D eigenvalue weighted by molar-refractivity contribution is -0.147. The zero-order valence-electron chi connectivity index (χ0n) is 14.1. The minimum Gasteiger partial charge on any atom is -0.495 e. The molecule has 0 unspecified atom stereocenters. The number of halogens is 1. The maximum absolute atomic E-state index is 11.8. The zero-order chi connectivity index (χ0) is 16.7. The first-order chi connectivity index (χ1) is 11.2. The first-order valence-electron chi connectivity index (χ1n) is 8.08. The molecule has 0 bridgehead atoms. The van der Waals surface area contributed by atoms with E-state index in [4.69, 9.17) is 10.5 Å². The molecule has 0 atom stereocenters. The van der Waals surface area contributed by atoms with Crippen LogP contribution in [-0.4, -0.2) is 50.0 Å². The number of hydrogen-bond acceptors (Lipinski definition) is 5. The number of likely N-dealkylation sites (tertiary alicyclic amines) is 1. The molecule has 1 fully saturated rings. The predicted octanol–water partition coefficient (Wildman–Crippen LogP) is 1.81. The molecule has 1 aliphatic rings. The van der Waals surface area contributed by atoms with Crippen molar-refractivity contribution >= 4 is 29.9 Å². The average molecular weight is 356 g/mol. The largest absolute Gasteiger partial charge is 0.495 e. The Bertz CT molecular complexity index is 538. The number of benzene rings is 1. The van der Waals surface area contributed by atoms with Crippen molar-refractivity contribution in [2.24, 2.45) is 5.73 Å². The van der Waals surface area contributed by atoms with Gasteiger partial charge < -0.3 is 15.4 Å². The molecule has 0 aliphatic carbocycles. The van der Waals surface area contributed by atoms with Crippen LogP contribution in [0.5, 0.6) is 5.75 Å². The van der Waals surface area contributed by atoms with Crippen molar-refractivity contribution < 1.29 is 14.3 Å². The van der Waals surface area contributed by atoms with E-state index < -0.39 is 0 Å². The molecule has 1 aromatic rings. The molecule has 0 radical (unpaired) electrons. The number of rotatable bonds is 8. The van der Waals surface area contributed by atoms with Crippen molar-refractivity contribution in [2.75, 3.05) is 38.2 Å². The SMILES string of the molecule is COc1ccccc1N(CCN)CCCN1C(=O)CCCC1=O.Cl. The van der Waals surface area contributed by atoms with E-state index in [9.17, 15) is 9.59 Å². The van der Waals surface area contributed by atoms with Crippen molar-refractivity contribution in [3.05, 3.63) is 24.3 Å². The van der Waals surface area contributed by atoms with Gasteiger partial charge in [-0.25, -0.2) is 0 Å². The summed E-state index contributed by atoms with van der Waals surface area (Å²) in [6.45, 7) is 2.41. The number of para-hydroxylation sites is 2. The van der Waals surface area contributed by atoms with E-state index in [1.54, 1.807) is 7.11 Å². The summed E-state index contributed by atoms with van der Waals surface area (Å²) in [6.07, 6.45) is 2.35. The summed E-state index contributed by atoms with van der Waals surface area (Å²) in [7, 11) is 1.64. The van der Waals surface area contributed by atoms with Gasteiger partial charge in [-0.3, -0.25) is 14.5 Å².